The van der Waals surface area contributed by atoms with Crippen LogP contribution >= 0.6 is 0 Å². The van der Waals surface area contributed by atoms with E-state index in [9.17, 15) is 0 Å². The van der Waals surface area contributed by atoms with Crippen LogP contribution in [0.4, 0.5) is 0 Å². The minimum atomic E-state index is 0. The van der Waals surface area contributed by atoms with Crippen LogP contribution in [-0.2, 0) is 6.54 Å². The zero-order chi connectivity index (χ0) is 17.5. The number of rotatable bonds is 3. The Kier molecular flexibility index (Phi) is 7.45. The molecule has 0 atom stereocenters. The first kappa shape index (κ1) is 19.8. The molecular formula is C19H28N6O. The number of nitrogens with one attached hydrogen (secondary N) is 1. The third kappa shape index (κ3) is 4.75. The number of hydrogen-bond donors (Lipinski definition) is 2. The van der Waals surface area contributed by atoms with Crippen LogP contribution < -0.4 is 5.73 Å². The van der Waals surface area contributed by atoms with E-state index in [0.29, 0.717) is 6.54 Å². The van der Waals surface area contributed by atoms with Crippen LogP contribution in [0.2, 0.25) is 0 Å². The van der Waals surface area contributed by atoms with E-state index in [4.69, 9.17) is 11.0 Å². The van der Waals surface area contributed by atoms with Crippen molar-refractivity contribution in [3.8, 4) is 6.07 Å². The van der Waals surface area contributed by atoms with Crippen molar-refractivity contribution < 1.29 is 6.90 Å². The maximum atomic E-state index is 8.35. The smallest absolute Gasteiger partial charge is 0.121 e. The van der Waals surface area contributed by atoms with Gasteiger partial charge in [0.05, 0.1) is 29.8 Å². The maximum Gasteiger partial charge on any atom is 0.121 e. The SMILES string of the molecule is N#CCCC1CCCCC1.NCc1nc2c(cnc3cccnc32)[nH]1.O.[HH]. The lowest BCUT2D eigenvalue weighted by Gasteiger charge is -2.19. The second kappa shape index (κ2) is 9.80. The van der Waals surface area contributed by atoms with Crippen molar-refractivity contribution in [2.24, 2.45) is 11.7 Å². The second-order valence-electron chi connectivity index (χ2n) is 6.48. The number of aromatic nitrogens is 4. The molecule has 0 bridgehead atoms. The number of nitriles is 1. The molecule has 0 spiro atoms. The predicted octanol–water partition coefficient (Wildman–Crippen LogP) is 3.26. The summed E-state index contributed by atoms with van der Waals surface area (Å²) in [7, 11) is 0. The average molecular weight is 356 g/mol. The van der Waals surface area contributed by atoms with Crippen LogP contribution in [0.25, 0.3) is 22.1 Å². The second-order valence-corrected chi connectivity index (χ2v) is 6.48. The van der Waals surface area contributed by atoms with Crippen molar-refractivity contribution in [2.75, 3.05) is 0 Å². The van der Waals surface area contributed by atoms with Gasteiger partial charge in [0.25, 0.3) is 0 Å². The Morgan fingerprint density at radius 2 is 2.04 bits per heavy atom. The van der Waals surface area contributed by atoms with E-state index in [-0.39, 0.29) is 6.90 Å². The summed E-state index contributed by atoms with van der Waals surface area (Å²) in [6.45, 7) is 0.392. The fourth-order valence-electron chi connectivity index (χ4n) is 3.37. The van der Waals surface area contributed by atoms with Crippen molar-refractivity contribution >= 4 is 22.1 Å². The molecule has 0 unspecified atom stereocenters. The van der Waals surface area contributed by atoms with E-state index in [1.807, 2.05) is 12.1 Å². The van der Waals surface area contributed by atoms with E-state index in [1.165, 1.54) is 32.1 Å². The predicted molar refractivity (Wildman–Crippen MR) is 104 cm³/mol. The van der Waals surface area contributed by atoms with Crippen molar-refractivity contribution in [3.05, 3.63) is 30.4 Å². The van der Waals surface area contributed by atoms with Gasteiger partial charge in [-0.3, -0.25) is 9.97 Å². The number of fused-ring (bicyclic) bond motifs is 3. The van der Waals surface area contributed by atoms with Gasteiger partial charge in [-0.15, -0.1) is 0 Å². The van der Waals surface area contributed by atoms with Crippen molar-refractivity contribution in [3.63, 3.8) is 0 Å². The largest absolute Gasteiger partial charge is 0.412 e. The molecule has 0 saturated heterocycles. The molecule has 7 heteroatoms. The number of aromatic amines is 1. The highest BCUT2D eigenvalue weighted by Gasteiger charge is 2.12. The molecule has 3 aromatic heterocycles. The Balaban J connectivity index is 0.000000271. The van der Waals surface area contributed by atoms with Gasteiger partial charge in [0.1, 0.15) is 16.9 Å². The van der Waals surface area contributed by atoms with Crippen molar-refractivity contribution in [1.82, 2.24) is 19.9 Å². The Morgan fingerprint density at radius 1 is 1.23 bits per heavy atom. The molecule has 0 aliphatic heterocycles. The standard InChI is InChI=1S/C10H9N5.C9H15N.H2O.H2/c11-4-8-14-7-5-13-6-2-1-3-12-9(6)10(7)15-8;10-8-4-7-9-5-2-1-3-6-9;;/h1-3,5H,4,11H2,(H,14,15);9H,1-7H2;1H2;1H. The zero-order valence-electron chi connectivity index (χ0n) is 14.9. The topological polar surface area (TPSA) is 136 Å². The highest BCUT2D eigenvalue weighted by atomic mass is 16.0. The van der Waals surface area contributed by atoms with E-state index < -0.39 is 0 Å². The molecule has 1 saturated carbocycles. The van der Waals surface area contributed by atoms with Crippen molar-refractivity contribution in [1.29, 1.82) is 5.26 Å². The summed E-state index contributed by atoms with van der Waals surface area (Å²) in [5, 5.41) is 8.35. The quantitative estimate of drug-likeness (QED) is 0.742. The Morgan fingerprint density at radius 3 is 2.77 bits per heavy atom. The first-order chi connectivity index (χ1) is 12.3. The molecule has 3 heterocycles. The van der Waals surface area contributed by atoms with Gasteiger partial charge in [-0.25, -0.2) is 4.98 Å². The first-order valence-corrected chi connectivity index (χ1v) is 8.97. The van der Waals surface area contributed by atoms with Gasteiger partial charge in [0.15, 0.2) is 0 Å². The summed E-state index contributed by atoms with van der Waals surface area (Å²) in [6, 6.07) is 5.99. The van der Waals surface area contributed by atoms with Gasteiger partial charge in [-0.1, -0.05) is 32.1 Å². The van der Waals surface area contributed by atoms with Gasteiger partial charge in [-0.2, -0.15) is 5.26 Å². The lowest BCUT2D eigenvalue weighted by molar-refractivity contribution is 0.342. The normalized spacial score (nSPS) is 14.3. The molecule has 1 aliphatic rings. The van der Waals surface area contributed by atoms with Gasteiger partial charge >= 0.3 is 0 Å². The van der Waals surface area contributed by atoms with E-state index in [2.05, 4.69) is 26.0 Å². The molecule has 0 aromatic carbocycles. The molecular weight excluding hydrogens is 328 g/mol. The van der Waals surface area contributed by atoms with E-state index >= 15 is 0 Å². The molecule has 0 radical (unpaired) electrons. The minimum absolute atomic E-state index is 0. The molecule has 5 N–H and O–H groups in total. The van der Waals surface area contributed by atoms with Gasteiger partial charge in [0.2, 0.25) is 0 Å². The summed E-state index contributed by atoms with van der Waals surface area (Å²) >= 11 is 0. The van der Waals surface area contributed by atoms with Gasteiger partial charge < -0.3 is 16.2 Å². The molecule has 4 rings (SSSR count). The van der Waals surface area contributed by atoms with Gasteiger partial charge in [0, 0.05) is 14.0 Å². The third-order valence-corrected chi connectivity index (χ3v) is 4.71. The summed E-state index contributed by atoms with van der Waals surface area (Å²) in [4.78, 5) is 16.0. The number of imidazole rings is 1. The minimum Gasteiger partial charge on any atom is -0.412 e. The third-order valence-electron chi connectivity index (χ3n) is 4.71. The molecule has 26 heavy (non-hydrogen) atoms. The molecule has 1 aliphatic carbocycles. The van der Waals surface area contributed by atoms with Crippen LogP contribution in [-0.4, -0.2) is 25.4 Å². The Hall–Kier alpha value is -2.56. The van der Waals surface area contributed by atoms with Crippen LogP contribution in [0.5, 0.6) is 0 Å². The lowest BCUT2D eigenvalue weighted by Crippen LogP contribution is -2.05. The average Bonchev–Trinajstić information content (AvgIpc) is 3.12. The molecule has 1 fully saturated rings. The zero-order valence-corrected chi connectivity index (χ0v) is 14.9. The van der Waals surface area contributed by atoms with Crippen LogP contribution in [0.3, 0.4) is 0 Å². The number of H-pyrrole nitrogens is 1. The van der Waals surface area contributed by atoms with Crippen LogP contribution in [0, 0.1) is 17.2 Å². The number of hydrogen-bond acceptors (Lipinski definition) is 5. The highest BCUT2D eigenvalue weighted by Crippen LogP contribution is 2.26. The first-order valence-electron chi connectivity index (χ1n) is 8.97. The number of pyridine rings is 2. The molecule has 7 nitrogen and oxygen atoms in total. The van der Waals surface area contributed by atoms with Crippen LogP contribution in [0.15, 0.2) is 24.5 Å². The van der Waals surface area contributed by atoms with Crippen molar-refractivity contribution in [2.45, 2.75) is 51.5 Å². The van der Waals surface area contributed by atoms with E-state index in [1.54, 1.807) is 12.4 Å². The Labute approximate surface area is 154 Å². The molecule has 0 amide bonds. The fraction of sp³-hybridized carbons (Fsp3) is 0.474. The summed E-state index contributed by atoms with van der Waals surface area (Å²) in [5.41, 5.74) is 8.89. The highest BCUT2D eigenvalue weighted by molar-refractivity contribution is 5.98. The fourth-order valence-corrected chi connectivity index (χ4v) is 3.37. The number of nitrogens with zero attached hydrogens (tertiary/aromatic N) is 4. The molecule has 140 valence electrons. The van der Waals surface area contributed by atoms with Crippen LogP contribution in [0.1, 0.15) is 52.2 Å². The monoisotopic (exact) mass is 356 g/mol. The van der Waals surface area contributed by atoms with Gasteiger partial charge in [-0.05, 0) is 24.5 Å². The summed E-state index contributed by atoms with van der Waals surface area (Å²) in [5.74, 6) is 1.64. The lowest BCUT2D eigenvalue weighted by atomic mass is 9.86. The van der Waals surface area contributed by atoms with E-state index in [0.717, 1.165) is 46.7 Å². The summed E-state index contributed by atoms with van der Waals surface area (Å²) < 4.78 is 0. The maximum absolute atomic E-state index is 8.35. The number of nitrogens with two attached hydrogens (primary N) is 1. The molecule has 3 aromatic rings. The summed E-state index contributed by atoms with van der Waals surface area (Å²) in [6.07, 6.45) is 12.4. The Bertz CT molecular complexity index is 869.